The van der Waals surface area contributed by atoms with Crippen LogP contribution in [0.2, 0.25) is 0 Å². The van der Waals surface area contributed by atoms with Crippen LogP contribution in [-0.2, 0) is 12.7 Å². The number of nitrogens with one attached hydrogen (secondary N) is 1. The van der Waals surface area contributed by atoms with Crippen molar-refractivity contribution in [1.82, 2.24) is 9.88 Å². The van der Waals surface area contributed by atoms with E-state index in [2.05, 4.69) is 5.32 Å². The molecular formula is C22H19F4N3O3. The second-order valence-electron chi connectivity index (χ2n) is 7.56. The summed E-state index contributed by atoms with van der Waals surface area (Å²) in [6, 6.07) is 6.97. The first-order chi connectivity index (χ1) is 15.1. The molecule has 2 aromatic carbocycles. The number of hydrogen-bond donors (Lipinski definition) is 2. The molecule has 0 bridgehead atoms. The number of alkyl halides is 3. The Morgan fingerprint density at radius 2 is 1.75 bits per heavy atom. The van der Waals surface area contributed by atoms with Crippen molar-refractivity contribution in [3.05, 3.63) is 75.3 Å². The Labute approximate surface area is 179 Å². The number of aromatic nitrogens is 1. The average Bonchev–Trinajstić information content (AvgIpc) is 2.75. The van der Waals surface area contributed by atoms with Gasteiger partial charge >= 0.3 is 12.1 Å². The van der Waals surface area contributed by atoms with E-state index in [9.17, 15) is 32.3 Å². The van der Waals surface area contributed by atoms with Crippen LogP contribution in [0.3, 0.4) is 0 Å². The van der Waals surface area contributed by atoms with Gasteiger partial charge in [-0.3, -0.25) is 4.79 Å². The number of halogens is 4. The number of pyridine rings is 1. The number of anilines is 1. The quantitative estimate of drug-likeness (QED) is 0.598. The van der Waals surface area contributed by atoms with Crippen LogP contribution in [0.4, 0.5) is 23.2 Å². The van der Waals surface area contributed by atoms with Crippen LogP contribution in [0.5, 0.6) is 0 Å². The number of aromatic carboxylic acids is 1. The number of rotatable bonds is 4. The third-order valence-corrected chi connectivity index (χ3v) is 5.47. The van der Waals surface area contributed by atoms with Crippen molar-refractivity contribution in [3.8, 4) is 0 Å². The zero-order chi connectivity index (χ0) is 23.0. The summed E-state index contributed by atoms with van der Waals surface area (Å²) in [5.41, 5.74) is -1.12. The molecule has 1 fully saturated rings. The largest absolute Gasteiger partial charge is 0.477 e. The lowest BCUT2D eigenvalue weighted by molar-refractivity contribution is -0.137. The standard InChI is InChI=1S/C22H19F4N3O3/c23-17-9-15-18(10-19(17)28-7-5-27-6-8-28)29(12-16(20(15)30)21(31)32)11-13-1-3-14(4-2-13)22(24,25)26/h1-4,9-10,12,27H,5-8,11H2,(H,31,32). The second kappa shape index (κ2) is 8.27. The minimum Gasteiger partial charge on any atom is -0.477 e. The minimum absolute atomic E-state index is 0.00181. The van der Waals surface area contributed by atoms with Gasteiger partial charge in [0.05, 0.1) is 16.8 Å². The third-order valence-electron chi connectivity index (χ3n) is 5.47. The van der Waals surface area contributed by atoms with Gasteiger partial charge in [-0.05, 0) is 29.8 Å². The topological polar surface area (TPSA) is 74.6 Å². The summed E-state index contributed by atoms with van der Waals surface area (Å²) in [6.07, 6.45) is -3.33. The lowest BCUT2D eigenvalue weighted by Crippen LogP contribution is -2.43. The van der Waals surface area contributed by atoms with Gasteiger partial charge in [0, 0.05) is 44.3 Å². The van der Waals surface area contributed by atoms with E-state index in [0.717, 1.165) is 24.4 Å². The van der Waals surface area contributed by atoms with Crippen LogP contribution in [0, 0.1) is 5.82 Å². The molecule has 0 spiro atoms. The average molecular weight is 449 g/mol. The molecular weight excluding hydrogens is 430 g/mol. The van der Waals surface area contributed by atoms with Gasteiger partial charge in [-0.1, -0.05) is 12.1 Å². The van der Waals surface area contributed by atoms with E-state index in [1.807, 2.05) is 4.90 Å². The van der Waals surface area contributed by atoms with E-state index in [4.69, 9.17) is 0 Å². The molecule has 4 rings (SSSR count). The lowest BCUT2D eigenvalue weighted by Gasteiger charge is -2.30. The van der Waals surface area contributed by atoms with E-state index in [1.54, 1.807) is 0 Å². The van der Waals surface area contributed by atoms with Crippen LogP contribution < -0.4 is 15.6 Å². The fourth-order valence-corrected chi connectivity index (χ4v) is 3.83. The van der Waals surface area contributed by atoms with E-state index >= 15 is 0 Å². The number of hydrogen-bond acceptors (Lipinski definition) is 4. The van der Waals surface area contributed by atoms with Crippen LogP contribution in [0.1, 0.15) is 21.5 Å². The highest BCUT2D eigenvalue weighted by Gasteiger charge is 2.30. The van der Waals surface area contributed by atoms with Crippen LogP contribution in [0.25, 0.3) is 10.9 Å². The summed E-state index contributed by atoms with van der Waals surface area (Å²) >= 11 is 0. The molecule has 0 unspecified atom stereocenters. The molecule has 2 N–H and O–H groups in total. The number of carboxylic acids is 1. The number of carbonyl (C=O) groups is 1. The molecule has 1 aromatic heterocycles. The second-order valence-corrected chi connectivity index (χ2v) is 7.56. The fraction of sp³-hybridized carbons (Fsp3) is 0.273. The lowest BCUT2D eigenvalue weighted by atomic mass is 10.1. The Balaban J connectivity index is 1.84. The minimum atomic E-state index is -4.48. The predicted molar refractivity (Wildman–Crippen MR) is 111 cm³/mol. The van der Waals surface area contributed by atoms with Gasteiger partial charge in [0.2, 0.25) is 5.43 Å². The molecule has 0 amide bonds. The first kappa shape index (κ1) is 21.8. The Bertz CT molecular complexity index is 1230. The summed E-state index contributed by atoms with van der Waals surface area (Å²) in [5, 5.41) is 12.5. The fourth-order valence-electron chi connectivity index (χ4n) is 3.83. The summed E-state index contributed by atoms with van der Waals surface area (Å²) < 4.78 is 54.9. The van der Waals surface area contributed by atoms with Crippen molar-refractivity contribution in [2.75, 3.05) is 31.1 Å². The van der Waals surface area contributed by atoms with Crippen molar-refractivity contribution in [1.29, 1.82) is 0 Å². The number of carboxylic acid groups (broad SMARTS) is 1. The molecule has 0 atom stereocenters. The van der Waals surface area contributed by atoms with Crippen LogP contribution >= 0.6 is 0 Å². The van der Waals surface area contributed by atoms with Crippen molar-refractivity contribution in [2.45, 2.75) is 12.7 Å². The number of fused-ring (bicyclic) bond motifs is 1. The van der Waals surface area contributed by atoms with Crippen molar-refractivity contribution < 1.29 is 27.5 Å². The number of piperazine rings is 1. The molecule has 3 aromatic rings. The van der Waals surface area contributed by atoms with Gasteiger partial charge in [-0.2, -0.15) is 13.2 Å². The molecule has 1 saturated heterocycles. The van der Waals surface area contributed by atoms with E-state index in [1.165, 1.54) is 22.8 Å². The molecule has 0 saturated carbocycles. The molecule has 1 aliphatic heterocycles. The van der Waals surface area contributed by atoms with Crippen molar-refractivity contribution in [3.63, 3.8) is 0 Å². The predicted octanol–water partition coefficient (Wildman–Crippen LogP) is 3.32. The first-order valence-electron chi connectivity index (χ1n) is 9.87. The van der Waals surface area contributed by atoms with Gasteiger partial charge < -0.3 is 19.9 Å². The maximum atomic E-state index is 14.9. The zero-order valence-corrected chi connectivity index (χ0v) is 16.7. The number of benzene rings is 2. The SMILES string of the molecule is O=C(O)c1cn(Cc2ccc(C(F)(F)F)cc2)c2cc(N3CCNCC3)c(F)cc2c1=O. The molecule has 0 aliphatic carbocycles. The smallest absolute Gasteiger partial charge is 0.416 e. The molecule has 168 valence electrons. The molecule has 10 heteroatoms. The highest BCUT2D eigenvalue weighted by atomic mass is 19.4. The van der Waals surface area contributed by atoms with E-state index in [0.29, 0.717) is 37.3 Å². The summed E-state index contributed by atoms with van der Waals surface area (Å²) in [6.45, 7) is 2.43. The van der Waals surface area contributed by atoms with Gasteiger partial charge in [0.25, 0.3) is 0 Å². The zero-order valence-electron chi connectivity index (χ0n) is 16.7. The Morgan fingerprint density at radius 1 is 1.09 bits per heavy atom. The van der Waals surface area contributed by atoms with Crippen molar-refractivity contribution in [2.24, 2.45) is 0 Å². The molecule has 1 aliphatic rings. The summed E-state index contributed by atoms with van der Waals surface area (Å²) in [4.78, 5) is 26.1. The Morgan fingerprint density at radius 3 is 2.34 bits per heavy atom. The van der Waals surface area contributed by atoms with Crippen molar-refractivity contribution >= 4 is 22.6 Å². The monoisotopic (exact) mass is 449 g/mol. The number of nitrogens with zero attached hydrogens (tertiary/aromatic N) is 2. The maximum Gasteiger partial charge on any atom is 0.416 e. The molecule has 0 radical (unpaired) electrons. The Hall–Kier alpha value is -3.40. The summed E-state index contributed by atoms with van der Waals surface area (Å²) in [5.74, 6) is -2.11. The van der Waals surface area contributed by atoms with Gasteiger partial charge in [0.15, 0.2) is 0 Å². The first-order valence-corrected chi connectivity index (χ1v) is 9.87. The molecule has 32 heavy (non-hydrogen) atoms. The molecule has 6 nitrogen and oxygen atoms in total. The normalized spacial score (nSPS) is 14.7. The van der Waals surface area contributed by atoms with Crippen LogP contribution in [-0.4, -0.2) is 41.8 Å². The van der Waals surface area contributed by atoms with E-state index < -0.39 is 34.5 Å². The Kier molecular flexibility index (Phi) is 5.64. The summed E-state index contributed by atoms with van der Waals surface area (Å²) in [7, 11) is 0. The van der Waals surface area contributed by atoms with E-state index in [-0.39, 0.29) is 17.6 Å². The third kappa shape index (κ3) is 4.18. The van der Waals surface area contributed by atoms with Gasteiger partial charge in [0.1, 0.15) is 11.4 Å². The van der Waals surface area contributed by atoms with Crippen LogP contribution in [0.15, 0.2) is 47.4 Å². The van der Waals surface area contributed by atoms with Gasteiger partial charge in [-0.25, -0.2) is 9.18 Å². The highest BCUT2D eigenvalue weighted by molar-refractivity contribution is 5.93. The highest BCUT2D eigenvalue weighted by Crippen LogP contribution is 2.30. The van der Waals surface area contributed by atoms with Gasteiger partial charge in [-0.15, -0.1) is 0 Å². The maximum absolute atomic E-state index is 14.9. The molecule has 2 heterocycles.